The van der Waals surface area contributed by atoms with Gasteiger partial charge in [0.1, 0.15) is 22.9 Å². The highest BCUT2D eigenvalue weighted by Gasteiger charge is 2.31. The van der Waals surface area contributed by atoms with Crippen LogP contribution in [0.15, 0.2) is 66.9 Å². The minimum atomic E-state index is -0.351. The summed E-state index contributed by atoms with van der Waals surface area (Å²) in [4.78, 5) is 24.1. The van der Waals surface area contributed by atoms with Crippen molar-refractivity contribution in [3.8, 4) is 17.1 Å². The third-order valence-corrected chi connectivity index (χ3v) is 5.70. The van der Waals surface area contributed by atoms with Gasteiger partial charge in [-0.05, 0) is 67.1 Å². The zero-order valence-electron chi connectivity index (χ0n) is 17.0. The number of methoxy groups -OCH3 is 1. The van der Waals surface area contributed by atoms with Crippen LogP contribution in [0.2, 0.25) is 0 Å². The molecular formula is C24H21FN4O2. The van der Waals surface area contributed by atoms with Crippen LogP contribution in [0.1, 0.15) is 22.8 Å². The number of pyridine rings is 1. The fourth-order valence-corrected chi connectivity index (χ4v) is 4.13. The molecule has 1 amide bonds. The molecule has 0 aliphatic carbocycles. The van der Waals surface area contributed by atoms with E-state index in [1.165, 1.54) is 24.3 Å². The fourth-order valence-electron chi connectivity index (χ4n) is 4.13. The van der Waals surface area contributed by atoms with E-state index in [4.69, 9.17) is 9.72 Å². The first-order valence-corrected chi connectivity index (χ1v) is 10.2. The van der Waals surface area contributed by atoms with E-state index in [2.05, 4.69) is 9.55 Å². The number of amides is 1. The molecule has 31 heavy (non-hydrogen) atoms. The molecule has 1 aliphatic rings. The molecule has 7 heteroatoms. The summed E-state index contributed by atoms with van der Waals surface area (Å²) in [6, 6.07) is 17.3. The number of imidazole rings is 1. The van der Waals surface area contributed by atoms with Gasteiger partial charge >= 0.3 is 0 Å². The van der Waals surface area contributed by atoms with Crippen LogP contribution in [-0.2, 0) is 0 Å². The Hall–Kier alpha value is -3.74. The van der Waals surface area contributed by atoms with Crippen LogP contribution in [0.3, 0.4) is 0 Å². The number of carbonyl (C=O) groups excluding carboxylic acids is 1. The third-order valence-electron chi connectivity index (χ3n) is 5.70. The van der Waals surface area contributed by atoms with E-state index in [0.717, 1.165) is 34.7 Å². The van der Waals surface area contributed by atoms with Gasteiger partial charge in [-0.25, -0.2) is 14.4 Å². The fraction of sp³-hybridized carbons (Fsp3) is 0.208. The second-order valence-electron chi connectivity index (χ2n) is 7.58. The predicted molar refractivity (Wildman–Crippen MR) is 115 cm³/mol. The Morgan fingerprint density at radius 1 is 1.10 bits per heavy atom. The number of ether oxygens (including phenoxy) is 1. The first-order valence-electron chi connectivity index (χ1n) is 10.2. The maximum Gasteiger partial charge on any atom is 0.253 e. The van der Waals surface area contributed by atoms with E-state index < -0.39 is 0 Å². The zero-order chi connectivity index (χ0) is 21.4. The van der Waals surface area contributed by atoms with Crippen molar-refractivity contribution in [1.29, 1.82) is 0 Å². The van der Waals surface area contributed by atoms with Crippen molar-refractivity contribution in [2.45, 2.75) is 12.5 Å². The molecular weight excluding hydrogens is 395 g/mol. The molecule has 4 aromatic rings. The van der Waals surface area contributed by atoms with Gasteiger partial charge in [0, 0.05) is 30.4 Å². The molecule has 5 rings (SSSR count). The highest BCUT2D eigenvalue weighted by Crippen LogP contribution is 2.33. The van der Waals surface area contributed by atoms with Crippen molar-refractivity contribution in [2.75, 3.05) is 20.2 Å². The smallest absolute Gasteiger partial charge is 0.253 e. The van der Waals surface area contributed by atoms with Gasteiger partial charge in [-0.2, -0.15) is 0 Å². The van der Waals surface area contributed by atoms with Crippen molar-refractivity contribution < 1.29 is 13.9 Å². The Kier molecular flexibility index (Phi) is 4.86. The van der Waals surface area contributed by atoms with Crippen LogP contribution >= 0.6 is 0 Å². The second kappa shape index (κ2) is 7.83. The number of hydrogen-bond donors (Lipinski definition) is 0. The van der Waals surface area contributed by atoms with Crippen molar-refractivity contribution in [3.05, 3.63) is 78.2 Å². The average Bonchev–Trinajstić information content (AvgIpc) is 3.44. The monoisotopic (exact) mass is 416 g/mol. The number of nitrogens with zero attached hydrogens (tertiary/aromatic N) is 4. The number of likely N-dealkylation sites (tertiary alicyclic amines) is 1. The first-order chi connectivity index (χ1) is 15.1. The Bertz CT molecular complexity index is 1230. The molecule has 1 atom stereocenters. The van der Waals surface area contributed by atoms with Crippen LogP contribution in [0.5, 0.6) is 5.75 Å². The lowest BCUT2D eigenvalue weighted by Crippen LogP contribution is -2.29. The van der Waals surface area contributed by atoms with E-state index in [-0.39, 0.29) is 17.8 Å². The molecule has 1 fully saturated rings. The van der Waals surface area contributed by atoms with Gasteiger partial charge in [0.15, 0.2) is 5.65 Å². The summed E-state index contributed by atoms with van der Waals surface area (Å²) < 4.78 is 20.6. The minimum absolute atomic E-state index is 0.0430. The normalized spacial score (nSPS) is 16.1. The van der Waals surface area contributed by atoms with Crippen LogP contribution < -0.4 is 4.74 Å². The summed E-state index contributed by atoms with van der Waals surface area (Å²) in [6.07, 6.45) is 2.55. The number of halogens is 1. The summed E-state index contributed by atoms with van der Waals surface area (Å²) in [5, 5.41) is 0. The molecule has 0 radical (unpaired) electrons. The predicted octanol–water partition coefficient (Wildman–Crippen LogP) is 4.33. The zero-order valence-corrected chi connectivity index (χ0v) is 17.0. The lowest BCUT2D eigenvalue weighted by molar-refractivity contribution is 0.0788. The molecule has 2 aromatic heterocycles. The summed E-state index contributed by atoms with van der Waals surface area (Å²) >= 11 is 0. The lowest BCUT2D eigenvalue weighted by Gasteiger charge is -2.19. The van der Waals surface area contributed by atoms with Gasteiger partial charge < -0.3 is 14.2 Å². The van der Waals surface area contributed by atoms with E-state index in [0.29, 0.717) is 18.7 Å². The molecule has 1 unspecified atom stereocenters. The summed E-state index contributed by atoms with van der Waals surface area (Å²) in [7, 11) is 1.64. The Balaban J connectivity index is 1.49. The van der Waals surface area contributed by atoms with E-state index in [1.54, 1.807) is 13.3 Å². The van der Waals surface area contributed by atoms with Crippen LogP contribution in [0.4, 0.5) is 4.39 Å². The standard InChI is InChI=1S/C24H21FN4O2/c1-31-20-10-6-16(7-11-20)22-27-21-3-2-13-26-23(21)29(22)19-12-14-28(15-19)24(30)17-4-8-18(25)9-5-17/h2-11,13,19H,12,14-15H2,1H3. The number of rotatable bonds is 4. The summed E-state index contributed by atoms with van der Waals surface area (Å²) in [5.41, 5.74) is 3.07. The maximum absolute atomic E-state index is 13.2. The molecule has 6 nitrogen and oxygen atoms in total. The number of aromatic nitrogens is 3. The van der Waals surface area contributed by atoms with Crippen LogP contribution in [0.25, 0.3) is 22.6 Å². The number of fused-ring (bicyclic) bond motifs is 1. The van der Waals surface area contributed by atoms with Gasteiger partial charge in [0.2, 0.25) is 0 Å². The molecule has 0 saturated carbocycles. The molecule has 0 bridgehead atoms. The van der Waals surface area contributed by atoms with E-state index in [1.807, 2.05) is 41.3 Å². The summed E-state index contributed by atoms with van der Waals surface area (Å²) in [5.74, 6) is 1.15. The second-order valence-corrected chi connectivity index (χ2v) is 7.58. The number of hydrogen-bond acceptors (Lipinski definition) is 4. The quantitative estimate of drug-likeness (QED) is 0.497. The van der Waals surface area contributed by atoms with Crippen molar-refractivity contribution in [2.24, 2.45) is 0 Å². The van der Waals surface area contributed by atoms with Crippen molar-refractivity contribution >= 4 is 17.1 Å². The van der Waals surface area contributed by atoms with Gasteiger partial charge in [-0.15, -0.1) is 0 Å². The van der Waals surface area contributed by atoms with Crippen LogP contribution in [0, 0.1) is 5.82 Å². The van der Waals surface area contributed by atoms with Gasteiger partial charge in [0.25, 0.3) is 5.91 Å². The molecule has 3 heterocycles. The molecule has 156 valence electrons. The summed E-state index contributed by atoms with van der Waals surface area (Å²) in [6.45, 7) is 1.16. The molecule has 0 spiro atoms. The maximum atomic E-state index is 13.2. The van der Waals surface area contributed by atoms with Crippen molar-refractivity contribution in [1.82, 2.24) is 19.4 Å². The Labute approximate surface area is 178 Å². The van der Waals surface area contributed by atoms with E-state index in [9.17, 15) is 9.18 Å². The number of benzene rings is 2. The molecule has 2 aromatic carbocycles. The lowest BCUT2D eigenvalue weighted by atomic mass is 10.2. The minimum Gasteiger partial charge on any atom is -0.497 e. The molecule has 0 N–H and O–H groups in total. The highest BCUT2D eigenvalue weighted by atomic mass is 19.1. The Morgan fingerprint density at radius 2 is 1.87 bits per heavy atom. The molecule has 1 saturated heterocycles. The average molecular weight is 416 g/mol. The first kappa shape index (κ1) is 19.2. The van der Waals surface area contributed by atoms with Gasteiger partial charge in [0.05, 0.1) is 13.2 Å². The third kappa shape index (κ3) is 3.52. The highest BCUT2D eigenvalue weighted by molar-refractivity contribution is 5.94. The molecule has 1 aliphatic heterocycles. The van der Waals surface area contributed by atoms with E-state index >= 15 is 0 Å². The topological polar surface area (TPSA) is 60.3 Å². The van der Waals surface area contributed by atoms with Gasteiger partial charge in [-0.3, -0.25) is 4.79 Å². The van der Waals surface area contributed by atoms with Crippen LogP contribution in [-0.4, -0.2) is 45.5 Å². The SMILES string of the molecule is COc1ccc(-c2nc3cccnc3n2C2CCN(C(=O)c3ccc(F)cc3)C2)cc1. The van der Waals surface area contributed by atoms with Gasteiger partial charge in [-0.1, -0.05) is 0 Å². The van der Waals surface area contributed by atoms with Crippen molar-refractivity contribution in [3.63, 3.8) is 0 Å². The largest absolute Gasteiger partial charge is 0.497 e. The number of carbonyl (C=O) groups is 1. The Morgan fingerprint density at radius 3 is 2.61 bits per heavy atom.